The Morgan fingerprint density at radius 2 is 2.21 bits per heavy atom. The summed E-state index contributed by atoms with van der Waals surface area (Å²) in [5.74, 6) is 0. The van der Waals surface area contributed by atoms with Crippen LogP contribution in [0.2, 0.25) is 0 Å². The van der Waals surface area contributed by atoms with E-state index in [1.807, 2.05) is 0 Å². The molecule has 0 saturated carbocycles. The van der Waals surface area contributed by atoms with Crippen molar-refractivity contribution in [1.82, 2.24) is 19.7 Å². The van der Waals surface area contributed by atoms with Crippen molar-refractivity contribution in [2.45, 2.75) is 20.4 Å². The Hall–Kier alpha value is -1.72. The predicted molar refractivity (Wildman–Crippen MR) is 74.1 cm³/mol. The monoisotopic (exact) mass is 260 g/mol. The second kappa shape index (κ2) is 6.45. The van der Waals surface area contributed by atoms with Gasteiger partial charge in [-0.3, -0.25) is 4.90 Å². The quantitative estimate of drug-likeness (QED) is 0.853. The highest BCUT2D eigenvalue weighted by Crippen LogP contribution is 2.15. The minimum absolute atomic E-state index is 0.198. The molecule has 0 radical (unpaired) electrons. The lowest BCUT2D eigenvalue weighted by molar-refractivity contribution is 0.197. The van der Waals surface area contributed by atoms with Crippen LogP contribution in [0.1, 0.15) is 18.1 Å². The van der Waals surface area contributed by atoms with E-state index in [0.717, 1.165) is 18.8 Å². The van der Waals surface area contributed by atoms with Crippen LogP contribution in [0.3, 0.4) is 0 Å². The molecule has 0 bridgehead atoms. The number of aryl methyl sites for hydroxylation is 1. The van der Waals surface area contributed by atoms with Crippen LogP contribution in [0.5, 0.6) is 0 Å². The van der Waals surface area contributed by atoms with Gasteiger partial charge in [-0.1, -0.05) is 19.1 Å². The van der Waals surface area contributed by atoms with Crippen molar-refractivity contribution in [2.24, 2.45) is 0 Å². The Morgan fingerprint density at radius 3 is 2.79 bits per heavy atom. The third-order valence-corrected chi connectivity index (χ3v) is 3.20. The average molecular weight is 260 g/mol. The van der Waals surface area contributed by atoms with Crippen LogP contribution >= 0.6 is 0 Å². The predicted octanol–water partition coefficient (Wildman–Crippen LogP) is 1.39. The largest absolute Gasteiger partial charge is 0.395 e. The first-order valence-corrected chi connectivity index (χ1v) is 6.52. The Balaban J connectivity index is 2.15. The molecule has 5 nitrogen and oxygen atoms in total. The summed E-state index contributed by atoms with van der Waals surface area (Å²) >= 11 is 0. The highest BCUT2D eigenvalue weighted by atomic mass is 16.3. The molecule has 5 heteroatoms. The van der Waals surface area contributed by atoms with Gasteiger partial charge < -0.3 is 5.11 Å². The summed E-state index contributed by atoms with van der Waals surface area (Å²) in [4.78, 5) is 6.18. The standard InChI is InChI=1S/C14H20N4O/c1-3-17(6-7-19)9-13-4-5-14(12(2)8-13)18-11-15-10-16-18/h4-5,8,10-11,19H,3,6-7,9H2,1-2H3. The smallest absolute Gasteiger partial charge is 0.138 e. The molecule has 0 unspecified atom stereocenters. The van der Waals surface area contributed by atoms with Crippen LogP contribution in [-0.2, 0) is 6.54 Å². The van der Waals surface area contributed by atoms with E-state index < -0.39 is 0 Å². The molecule has 1 aromatic carbocycles. The fraction of sp³-hybridized carbons (Fsp3) is 0.429. The van der Waals surface area contributed by atoms with Crippen LogP contribution in [-0.4, -0.2) is 44.5 Å². The first-order chi connectivity index (χ1) is 9.24. The van der Waals surface area contributed by atoms with Crippen molar-refractivity contribution >= 4 is 0 Å². The zero-order valence-corrected chi connectivity index (χ0v) is 11.5. The minimum Gasteiger partial charge on any atom is -0.395 e. The number of aliphatic hydroxyl groups excluding tert-OH is 1. The van der Waals surface area contributed by atoms with Gasteiger partial charge in [-0.25, -0.2) is 9.67 Å². The van der Waals surface area contributed by atoms with Crippen LogP contribution in [0, 0.1) is 6.92 Å². The Kier molecular flexibility index (Phi) is 4.65. The molecule has 0 amide bonds. The van der Waals surface area contributed by atoms with Crippen molar-refractivity contribution < 1.29 is 5.11 Å². The summed E-state index contributed by atoms with van der Waals surface area (Å²) in [5.41, 5.74) is 3.46. The van der Waals surface area contributed by atoms with Crippen LogP contribution in [0.25, 0.3) is 5.69 Å². The fourth-order valence-electron chi connectivity index (χ4n) is 2.15. The third kappa shape index (κ3) is 3.39. The number of benzene rings is 1. The lowest BCUT2D eigenvalue weighted by Gasteiger charge is -2.19. The van der Waals surface area contributed by atoms with Gasteiger partial charge in [-0.2, -0.15) is 5.10 Å². The summed E-state index contributed by atoms with van der Waals surface area (Å²) in [6, 6.07) is 6.33. The molecule has 0 atom stereocenters. The molecule has 2 aromatic rings. The van der Waals surface area contributed by atoms with E-state index in [1.54, 1.807) is 11.0 Å². The highest BCUT2D eigenvalue weighted by Gasteiger charge is 2.06. The van der Waals surface area contributed by atoms with E-state index in [1.165, 1.54) is 17.5 Å². The van der Waals surface area contributed by atoms with Gasteiger partial charge in [0.1, 0.15) is 12.7 Å². The second-order valence-corrected chi connectivity index (χ2v) is 4.55. The lowest BCUT2D eigenvalue weighted by atomic mass is 10.1. The first-order valence-electron chi connectivity index (χ1n) is 6.52. The molecule has 0 saturated heterocycles. The van der Waals surface area contributed by atoms with Gasteiger partial charge in [-0.15, -0.1) is 0 Å². The van der Waals surface area contributed by atoms with Gasteiger partial charge in [0.15, 0.2) is 0 Å². The number of aliphatic hydroxyl groups is 1. The molecule has 0 aliphatic heterocycles. The van der Waals surface area contributed by atoms with E-state index in [-0.39, 0.29) is 6.61 Å². The molecule has 0 spiro atoms. The molecule has 0 aliphatic carbocycles. The van der Waals surface area contributed by atoms with Crippen LogP contribution < -0.4 is 0 Å². The maximum Gasteiger partial charge on any atom is 0.138 e. The number of rotatable bonds is 6. The van der Waals surface area contributed by atoms with Crippen molar-refractivity contribution in [2.75, 3.05) is 19.7 Å². The summed E-state index contributed by atoms with van der Waals surface area (Å²) in [6.07, 6.45) is 3.24. The fourth-order valence-corrected chi connectivity index (χ4v) is 2.15. The average Bonchev–Trinajstić information content (AvgIpc) is 2.92. The summed E-state index contributed by atoms with van der Waals surface area (Å²) in [5, 5.41) is 13.2. The number of hydrogen-bond acceptors (Lipinski definition) is 4. The maximum atomic E-state index is 9.01. The molecule has 1 N–H and O–H groups in total. The normalized spacial score (nSPS) is 11.2. The van der Waals surface area contributed by atoms with Gasteiger partial charge in [0.2, 0.25) is 0 Å². The molecule has 1 aromatic heterocycles. The Morgan fingerprint density at radius 1 is 1.37 bits per heavy atom. The summed E-state index contributed by atoms with van der Waals surface area (Å²) in [6.45, 7) is 6.87. The second-order valence-electron chi connectivity index (χ2n) is 4.55. The summed E-state index contributed by atoms with van der Waals surface area (Å²) < 4.78 is 1.77. The summed E-state index contributed by atoms with van der Waals surface area (Å²) in [7, 11) is 0. The van der Waals surface area contributed by atoms with Gasteiger partial charge in [0, 0.05) is 13.1 Å². The maximum absolute atomic E-state index is 9.01. The number of hydrogen-bond donors (Lipinski definition) is 1. The van der Waals surface area contributed by atoms with Crippen LogP contribution in [0.15, 0.2) is 30.9 Å². The molecule has 1 heterocycles. The molecule has 19 heavy (non-hydrogen) atoms. The SMILES string of the molecule is CCN(CCO)Cc1ccc(-n2cncn2)c(C)c1. The van der Waals surface area contributed by atoms with Crippen molar-refractivity contribution in [3.8, 4) is 5.69 Å². The Labute approximate surface area is 113 Å². The van der Waals surface area contributed by atoms with Crippen LogP contribution in [0.4, 0.5) is 0 Å². The highest BCUT2D eigenvalue weighted by molar-refractivity contribution is 5.41. The third-order valence-electron chi connectivity index (χ3n) is 3.20. The molecule has 2 rings (SSSR count). The van der Waals surface area contributed by atoms with E-state index >= 15 is 0 Å². The van der Waals surface area contributed by atoms with E-state index in [2.05, 4.69) is 47.0 Å². The zero-order valence-electron chi connectivity index (χ0n) is 11.5. The van der Waals surface area contributed by atoms with Gasteiger partial charge in [0.05, 0.1) is 12.3 Å². The topological polar surface area (TPSA) is 54.2 Å². The molecule has 102 valence electrons. The van der Waals surface area contributed by atoms with Gasteiger partial charge in [0.25, 0.3) is 0 Å². The number of aromatic nitrogens is 3. The van der Waals surface area contributed by atoms with Crippen molar-refractivity contribution in [3.63, 3.8) is 0 Å². The molecule has 0 fully saturated rings. The molecule has 0 aliphatic rings. The van der Waals surface area contributed by atoms with Crippen molar-refractivity contribution in [1.29, 1.82) is 0 Å². The van der Waals surface area contributed by atoms with E-state index in [4.69, 9.17) is 5.11 Å². The van der Waals surface area contributed by atoms with Gasteiger partial charge >= 0.3 is 0 Å². The Bertz CT molecular complexity index is 510. The first kappa shape index (κ1) is 13.7. The number of nitrogens with zero attached hydrogens (tertiary/aromatic N) is 4. The molecular formula is C14H20N4O. The number of likely N-dealkylation sites (N-methyl/N-ethyl adjacent to an activating group) is 1. The molecular weight excluding hydrogens is 240 g/mol. The van der Waals surface area contributed by atoms with Crippen molar-refractivity contribution in [3.05, 3.63) is 42.0 Å². The zero-order chi connectivity index (χ0) is 13.7. The lowest BCUT2D eigenvalue weighted by Crippen LogP contribution is -2.26. The van der Waals surface area contributed by atoms with Gasteiger partial charge in [-0.05, 0) is 30.7 Å². The van der Waals surface area contributed by atoms with E-state index in [9.17, 15) is 0 Å². The van der Waals surface area contributed by atoms with E-state index in [0.29, 0.717) is 6.54 Å². The minimum atomic E-state index is 0.198.